The lowest BCUT2D eigenvalue weighted by atomic mass is 9.88. The zero-order valence-electron chi connectivity index (χ0n) is 21.8. The second-order valence-corrected chi connectivity index (χ2v) is 12.6. The van der Waals surface area contributed by atoms with Gasteiger partial charge in [0.25, 0.3) is 0 Å². The van der Waals surface area contributed by atoms with Gasteiger partial charge in [-0.25, -0.2) is 28.2 Å². The second-order valence-electron chi connectivity index (χ2n) is 10.3. The lowest BCUT2D eigenvalue weighted by Gasteiger charge is -2.30. The average molecular weight is 528 g/mol. The number of pyridine rings is 3. The van der Waals surface area contributed by atoms with Gasteiger partial charge in [-0.15, -0.1) is 0 Å². The van der Waals surface area contributed by atoms with Crippen LogP contribution in [0.4, 0.5) is 11.6 Å². The SMILES string of the molecule is CCC(C)(N)c1cnc(OCCCS(C)(=O)=O)c2cnc(Nc3ccc4c(n3)CC(C)(C)OC4=O)cc12. The van der Waals surface area contributed by atoms with E-state index in [9.17, 15) is 13.2 Å². The summed E-state index contributed by atoms with van der Waals surface area (Å²) >= 11 is 0. The minimum absolute atomic E-state index is 0.0364. The quantitative estimate of drug-likeness (QED) is 0.312. The van der Waals surface area contributed by atoms with E-state index in [1.54, 1.807) is 24.5 Å². The standard InChI is InChI=1S/C26H33N5O5S/c1-6-26(4,27)19-15-29-23(35-10-7-11-37(5,33)34)18-14-28-22(12-17(18)19)31-21-9-8-16-20(30-21)13-25(2,3)36-24(16)32/h8-9,12,14-15H,6-7,10-11,13,27H2,1-5H3,(H,28,30,31). The second kappa shape index (κ2) is 9.86. The number of ether oxygens (including phenoxy) is 2. The summed E-state index contributed by atoms with van der Waals surface area (Å²) in [5.41, 5.74) is 7.30. The first-order valence-corrected chi connectivity index (χ1v) is 14.2. The number of nitrogens with one attached hydrogen (secondary N) is 1. The maximum atomic E-state index is 12.3. The van der Waals surface area contributed by atoms with Crippen LogP contribution in [0, 0.1) is 0 Å². The molecule has 4 heterocycles. The Morgan fingerprint density at radius 3 is 2.65 bits per heavy atom. The molecule has 0 amide bonds. The number of aromatic nitrogens is 3. The Hall–Kier alpha value is -3.31. The summed E-state index contributed by atoms with van der Waals surface area (Å²) < 4.78 is 34.1. The van der Waals surface area contributed by atoms with Gasteiger partial charge in [-0.05, 0) is 62.8 Å². The van der Waals surface area contributed by atoms with E-state index in [1.807, 2.05) is 33.8 Å². The van der Waals surface area contributed by atoms with E-state index >= 15 is 0 Å². The van der Waals surface area contributed by atoms with Crippen molar-refractivity contribution in [3.63, 3.8) is 0 Å². The van der Waals surface area contributed by atoms with Crippen molar-refractivity contribution in [1.29, 1.82) is 0 Å². The molecule has 37 heavy (non-hydrogen) atoms. The van der Waals surface area contributed by atoms with Gasteiger partial charge in [0.2, 0.25) is 5.88 Å². The Morgan fingerprint density at radius 1 is 1.19 bits per heavy atom. The number of carbonyl (C=O) groups is 1. The van der Waals surface area contributed by atoms with Crippen LogP contribution in [-0.2, 0) is 26.5 Å². The fourth-order valence-corrected chi connectivity index (χ4v) is 4.84. The first-order chi connectivity index (χ1) is 17.3. The molecular weight excluding hydrogens is 494 g/mol. The third-order valence-corrected chi connectivity index (χ3v) is 7.43. The molecule has 1 aliphatic rings. The lowest BCUT2D eigenvalue weighted by molar-refractivity contribution is -0.00714. The van der Waals surface area contributed by atoms with E-state index in [2.05, 4.69) is 20.3 Å². The summed E-state index contributed by atoms with van der Waals surface area (Å²) in [6, 6.07) is 5.29. The number of anilines is 2. The van der Waals surface area contributed by atoms with Gasteiger partial charge in [-0.1, -0.05) is 6.92 Å². The number of carbonyl (C=O) groups excluding carboxylic acids is 1. The topological polar surface area (TPSA) is 146 Å². The van der Waals surface area contributed by atoms with Crippen LogP contribution >= 0.6 is 0 Å². The van der Waals surface area contributed by atoms with Crippen molar-refractivity contribution >= 4 is 38.2 Å². The predicted molar refractivity (Wildman–Crippen MR) is 142 cm³/mol. The van der Waals surface area contributed by atoms with Gasteiger partial charge in [0.15, 0.2) is 0 Å². The van der Waals surface area contributed by atoms with Crippen molar-refractivity contribution in [1.82, 2.24) is 15.0 Å². The Bertz CT molecular complexity index is 1450. The van der Waals surface area contributed by atoms with Crippen LogP contribution in [0.2, 0.25) is 0 Å². The summed E-state index contributed by atoms with van der Waals surface area (Å²) in [6.07, 6.45) is 6.10. The fraction of sp³-hybridized carbons (Fsp3) is 0.462. The molecule has 0 aliphatic carbocycles. The lowest BCUT2D eigenvalue weighted by Crippen LogP contribution is -2.36. The maximum Gasteiger partial charge on any atom is 0.340 e. The highest BCUT2D eigenvalue weighted by Crippen LogP contribution is 2.34. The molecule has 3 aromatic heterocycles. The van der Waals surface area contributed by atoms with E-state index in [0.29, 0.717) is 53.4 Å². The molecule has 3 N–H and O–H groups in total. The minimum Gasteiger partial charge on any atom is -0.477 e. The summed E-state index contributed by atoms with van der Waals surface area (Å²) in [4.78, 5) is 25.9. The number of fused-ring (bicyclic) bond motifs is 2. The number of nitrogens with two attached hydrogens (primary N) is 1. The zero-order valence-corrected chi connectivity index (χ0v) is 22.6. The normalized spacial score (nSPS) is 16.5. The highest BCUT2D eigenvalue weighted by atomic mass is 32.2. The average Bonchev–Trinajstić information content (AvgIpc) is 2.80. The molecule has 4 rings (SSSR count). The van der Waals surface area contributed by atoms with Gasteiger partial charge in [-0.3, -0.25) is 0 Å². The van der Waals surface area contributed by atoms with E-state index in [0.717, 1.165) is 10.9 Å². The van der Waals surface area contributed by atoms with Crippen LogP contribution in [0.25, 0.3) is 10.8 Å². The third kappa shape index (κ3) is 6.16. The molecule has 0 saturated carbocycles. The van der Waals surface area contributed by atoms with Gasteiger partial charge in [0, 0.05) is 30.6 Å². The van der Waals surface area contributed by atoms with Crippen molar-refractivity contribution in [2.24, 2.45) is 5.73 Å². The third-order valence-electron chi connectivity index (χ3n) is 6.40. The molecular formula is C26H33N5O5S. The fourth-order valence-electron chi connectivity index (χ4n) is 4.20. The number of esters is 1. The number of cyclic esters (lactones) is 1. The zero-order chi connectivity index (χ0) is 27.0. The molecule has 0 saturated heterocycles. The summed E-state index contributed by atoms with van der Waals surface area (Å²) in [5.74, 6) is 1.12. The molecule has 0 bridgehead atoms. The van der Waals surface area contributed by atoms with E-state index in [1.165, 1.54) is 6.26 Å². The monoisotopic (exact) mass is 527 g/mol. The van der Waals surface area contributed by atoms with E-state index in [-0.39, 0.29) is 18.3 Å². The smallest absolute Gasteiger partial charge is 0.340 e. The maximum absolute atomic E-state index is 12.3. The predicted octanol–water partition coefficient (Wildman–Crippen LogP) is 3.66. The van der Waals surface area contributed by atoms with Gasteiger partial charge in [0.1, 0.15) is 27.1 Å². The molecule has 11 heteroatoms. The number of nitrogens with zero attached hydrogens (tertiary/aromatic N) is 3. The first-order valence-electron chi connectivity index (χ1n) is 12.2. The molecule has 0 spiro atoms. The van der Waals surface area contributed by atoms with Gasteiger partial charge >= 0.3 is 5.97 Å². The van der Waals surface area contributed by atoms with Crippen molar-refractivity contribution in [2.45, 2.75) is 58.1 Å². The number of rotatable bonds is 9. The molecule has 198 valence electrons. The molecule has 0 fully saturated rings. The van der Waals surface area contributed by atoms with Crippen molar-refractivity contribution in [3.8, 4) is 5.88 Å². The van der Waals surface area contributed by atoms with Gasteiger partial charge in [-0.2, -0.15) is 0 Å². The number of hydrogen-bond donors (Lipinski definition) is 2. The van der Waals surface area contributed by atoms with Crippen LogP contribution < -0.4 is 15.8 Å². The van der Waals surface area contributed by atoms with Crippen LogP contribution in [-0.4, -0.2) is 53.6 Å². The van der Waals surface area contributed by atoms with Gasteiger partial charge in [0.05, 0.1) is 29.0 Å². The number of sulfone groups is 1. The summed E-state index contributed by atoms with van der Waals surface area (Å²) in [6.45, 7) is 7.86. The summed E-state index contributed by atoms with van der Waals surface area (Å²) in [5, 5.41) is 4.73. The molecule has 1 unspecified atom stereocenters. The highest BCUT2D eigenvalue weighted by Gasteiger charge is 2.33. The van der Waals surface area contributed by atoms with Crippen molar-refractivity contribution < 1.29 is 22.7 Å². The molecule has 10 nitrogen and oxygen atoms in total. The van der Waals surface area contributed by atoms with Crippen LogP contribution in [0.5, 0.6) is 5.88 Å². The molecule has 3 aromatic rings. The van der Waals surface area contributed by atoms with Crippen LogP contribution in [0.15, 0.2) is 30.6 Å². The van der Waals surface area contributed by atoms with Gasteiger partial charge < -0.3 is 20.5 Å². The first kappa shape index (κ1) is 26.7. The molecule has 1 aliphatic heterocycles. The van der Waals surface area contributed by atoms with Crippen molar-refractivity contribution in [3.05, 3.63) is 47.4 Å². The largest absolute Gasteiger partial charge is 0.477 e. The minimum atomic E-state index is -3.07. The molecule has 1 atom stereocenters. The Balaban J connectivity index is 1.67. The van der Waals surface area contributed by atoms with E-state index in [4.69, 9.17) is 15.2 Å². The van der Waals surface area contributed by atoms with Crippen LogP contribution in [0.3, 0.4) is 0 Å². The molecule has 0 aromatic carbocycles. The molecule has 0 radical (unpaired) electrons. The number of hydrogen-bond acceptors (Lipinski definition) is 10. The van der Waals surface area contributed by atoms with E-state index < -0.39 is 21.0 Å². The Kier molecular flexibility index (Phi) is 7.13. The summed E-state index contributed by atoms with van der Waals surface area (Å²) in [7, 11) is -3.07. The van der Waals surface area contributed by atoms with Crippen LogP contribution in [0.1, 0.15) is 62.2 Å². The Labute approximate surface area is 216 Å². The van der Waals surface area contributed by atoms with Crippen molar-refractivity contribution in [2.75, 3.05) is 23.9 Å². The highest BCUT2D eigenvalue weighted by molar-refractivity contribution is 7.90. The Morgan fingerprint density at radius 2 is 1.95 bits per heavy atom.